The lowest BCUT2D eigenvalue weighted by Gasteiger charge is -2.23. The summed E-state index contributed by atoms with van der Waals surface area (Å²) in [6.07, 6.45) is 5.18. The van der Waals surface area contributed by atoms with Crippen molar-refractivity contribution in [1.29, 1.82) is 0 Å². The molecule has 1 unspecified atom stereocenters. The fraction of sp³-hybridized carbons (Fsp3) is 0.533. The van der Waals surface area contributed by atoms with Crippen LogP contribution >= 0.6 is 0 Å². The predicted molar refractivity (Wildman–Crippen MR) is 74.6 cm³/mol. The quantitative estimate of drug-likeness (QED) is 0.836. The van der Waals surface area contributed by atoms with E-state index in [2.05, 4.69) is 41.8 Å². The van der Waals surface area contributed by atoms with E-state index in [9.17, 15) is 0 Å². The normalized spacial score (nSPS) is 26.2. The molecular weight excluding hydrogens is 222 g/mol. The molecule has 0 aromatic heterocycles. The van der Waals surface area contributed by atoms with E-state index < -0.39 is 0 Å². The van der Waals surface area contributed by atoms with Crippen molar-refractivity contribution in [1.82, 2.24) is 10.6 Å². The largest absolute Gasteiger partial charge is 0.352 e. The van der Waals surface area contributed by atoms with E-state index in [1.807, 2.05) is 0 Å². The van der Waals surface area contributed by atoms with Crippen LogP contribution in [0.2, 0.25) is 0 Å². The van der Waals surface area contributed by atoms with E-state index in [-0.39, 0.29) is 0 Å². The van der Waals surface area contributed by atoms with Crippen LogP contribution in [0.15, 0.2) is 29.3 Å². The molecule has 2 aliphatic rings. The summed E-state index contributed by atoms with van der Waals surface area (Å²) in [4.78, 5) is 4.74. The molecule has 1 aromatic carbocycles. The van der Waals surface area contributed by atoms with Gasteiger partial charge < -0.3 is 10.6 Å². The first-order valence-electron chi connectivity index (χ1n) is 6.95. The van der Waals surface area contributed by atoms with Gasteiger partial charge in [-0.1, -0.05) is 42.7 Å². The monoisotopic (exact) mass is 243 g/mol. The first-order chi connectivity index (χ1) is 8.81. The average Bonchev–Trinajstić information content (AvgIpc) is 2.79. The number of guanidine groups is 1. The van der Waals surface area contributed by atoms with Gasteiger partial charge in [0, 0.05) is 6.54 Å². The molecule has 0 bridgehead atoms. The molecule has 1 aromatic rings. The van der Waals surface area contributed by atoms with Crippen LogP contribution in [0.3, 0.4) is 0 Å². The molecule has 1 aliphatic heterocycles. The maximum atomic E-state index is 4.74. The summed E-state index contributed by atoms with van der Waals surface area (Å²) < 4.78 is 0. The SMILES string of the molecule is Cc1cccc(CNC2=N[C@H]3CCCCC3N2)c1. The molecule has 0 spiro atoms. The minimum Gasteiger partial charge on any atom is -0.352 e. The minimum atomic E-state index is 0.513. The summed E-state index contributed by atoms with van der Waals surface area (Å²) in [5.74, 6) is 0.994. The summed E-state index contributed by atoms with van der Waals surface area (Å²) in [5, 5.41) is 6.94. The average molecular weight is 243 g/mol. The Hall–Kier alpha value is -1.51. The molecule has 0 saturated heterocycles. The second-order valence-corrected chi connectivity index (χ2v) is 5.42. The molecule has 3 heteroatoms. The van der Waals surface area contributed by atoms with Gasteiger partial charge in [-0.25, -0.2) is 4.99 Å². The lowest BCUT2D eigenvalue weighted by Crippen LogP contribution is -2.41. The Kier molecular flexibility index (Phi) is 3.22. The van der Waals surface area contributed by atoms with Crippen molar-refractivity contribution < 1.29 is 0 Å². The Balaban J connectivity index is 1.58. The Morgan fingerprint density at radius 3 is 3.06 bits per heavy atom. The smallest absolute Gasteiger partial charge is 0.192 e. The van der Waals surface area contributed by atoms with E-state index >= 15 is 0 Å². The summed E-state index contributed by atoms with van der Waals surface area (Å²) in [6, 6.07) is 9.70. The van der Waals surface area contributed by atoms with Crippen LogP contribution in [0, 0.1) is 6.92 Å². The third kappa shape index (κ3) is 2.50. The van der Waals surface area contributed by atoms with Gasteiger partial charge in [0.15, 0.2) is 5.96 Å². The summed E-state index contributed by atoms with van der Waals surface area (Å²) in [5.41, 5.74) is 2.62. The van der Waals surface area contributed by atoms with Crippen LogP contribution < -0.4 is 10.6 Å². The highest BCUT2D eigenvalue weighted by molar-refractivity contribution is 5.82. The first kappa shape index (κ1) is 11.6. The lowest BCUT2D eigenvalue weighted by atomic mass is 9.92. The van der Waals surface area contributed by atoms with E-state index in [0.717, 1.165) is 12.5 Å². The van der Waals surface area contributed by atoms with Crippen LogP contribution in [0.4, 0.5) is 0 Å². The Labute approximate surface area is 109 Å². The molecular formula is C15H21N3. The van der Waals surface area contributed by atoms with Crippen molar-refractivity contribution in [3.8, 4) is 0 Å². The zero-order valence-corrected chi connectivity index (χ0v) is 10.9. The molecule has 1 aliphatic carbocycles. The maximum Gasteiger partial charge on any atom is 0.192 e. The number of hydrogen-bond donors (Lipinski definition) is 2. The van der Waals surface area contributed by atoms with Crippen LogP contribution in [-0.4, -0.2) is 18.0 Å². The fourth-order valence-electron chi connectivity index (χ4n) is 2.92. The van der Waals surface area contributed by atoms with Gasteiger partial charge in [-0.05, 0) is 25.3 Å². The number of hydrogen-bond acceptors (Lipinski definition) is 3. The van der Waals surface area contributed by atoms with Crippen molar-refractivity contribution in [2.24, 2.45) is 4.99 Å². The molecule has 1 fully saturated rings. The number of nitrogens with one attached hydrogen (secondary N) is 2. The molecule has 1 saturated carbocycles. The van der Waals surface area contributed by atoms with Gasteiger partial charge in [-0.3, -0.25) is 0 Å². The van der Waals surface area contributed by atoms with Crippen molar-refractivity contribution in [3.63, 3.8) is 0 Å². The van der Waals surface area contributed by atoms with Crippen LogP contribution in [-0.2, 0) is 6.54 Å². The van der Waals surface area contributed by atoms with Gasteiger partial charge in [0.1, 0.15) is 0 Å². The highest BCUT2D eigenvalue weighted by atomic mass is 15.3. The Morgan fingerprint density at radius 2 is 2.22 bits per heavy atom. The van der Waals surface area contributed by atoms with Crippen molar-refractivity contribution in [2.75, 3.05) is 0 Å². The topological polar surface area (TPSA) is 36.4 Å². The van der Waals surface area contributed by atoms with Gasteiger partial charge in [-0.2, -0.15) is 0 Å². The molecule has 96 valence electrons. The Bertz CT molecular complexity index is 453. The maximum absolute atomic E-state index is 4.74. The van der Waals surface area contributed by atoms with Gasteiger partial charge in [0.2, 0.25) is 0 Å². The third-order valence-corrected chi connectivity index (χ3v) is 3.89. The van der Waals surface area contributed by atoms with Crippen molar-refractivity contribution in [3.05, 3.63) is 35.4 Å². The van der Waals surface area contributed by atoms with E-state index in [1.54, 1.807) is 0 Å². The van der Waals surface area contributed by atoms with Crippen molar-refractivity contribution >= 4 is 5.96 Å². The van der Waals surface area contributed by atoms with Gasteiger partial charge in [0.25, 0.3) is 0 Å². The molecule has 1 heterocycles. The summed E-state index contributed by atoms with van der Waals surface area (Å²) >= 11 is 0. The highest BCUT2D eigenvalue weighted by Crippen LogP contribution is 2.24. The van der Waals surface area contributed by atoms with Crippen LogP contribution in [0.25, 0.3) is 0 Å². The number of aliphatic imine (C=N–C) groups is 1. The molecule has 18 heavy (non-hydrogen) atoms. The molecule has 3 rings (SSSR count). The summed E-state index contributed by atoms with van der Waals surface area (Å²) in [7, 11) is 0. The number of aryl methyl sites for hydroxylation is 1. The van der Waals surface area contributed by atoms with E-state index in [1.165, 1.54) is 36.8 Å². The van der Waals surface area contributed by atoms with Crippen LogP contribution in [0.5, 0.6) is 0 Å². The molecule has 2 N–H and O–H groups in total. The molecule has 2 atom stereocenters. The molecule has 0 radical (unpaired) electrons. The standard InChI is InChI=1S/C15H21N3/c1-11-5-4-6-12(9-11)10-16-15-17-13-7-2-3-8-14(13)18-15/h4-6,9,13-14H,2-3,7-8,10H2,1H3,(H2,16,17,18)/t13-,14?/m0/s1. The number of rotatable bonds is 2. The predicted octanol–water partition coefficient (Wildman–Crippen LogP) is 2.36. The highest BCUT2D eigenvalue weighted by Gasteiger charge is 2.30. The zero-order chi connectivity index (χ0) is 12.4. The first-order valence-corrected chi connectivity index (χ1v) is 6.95. The van der Waals surface area contributed by atoms with Crippen molar-refractivity contribution in [2.45, 2.75) is 51.2 Å². The molecule has 3 nitrogen and oxygen atoms in total. The second kappa shape index (κ2) is 5.01. The zero-order valence-electron chi connectivity index (χ0n) is 10.9. The second-order valence-electron chi connectivity index (χ2n) is 5.42. The van der Waals surface area contributed by atoms with Crippen LogP contribution in [0.1, 0.15) is 36.8 Å². The van der Waals surface area contributed by atoms with Gasteiger partial charge in [-0.15, -0.1) is 0 Å². The number of fused-ring (bicyclic) bond motifs is 1. The fourth-order valence-corrected chi connectivity index (χ4v) is 2.92. The Morgan fingerprint density at radius 1 is 1.33 bits per heavy atom. The minimum absolute atomic E-state index is 0.513. The summed E-state index contributed by atoms with van der Waals surface area (Å²) in [6.45, 7) is 2.98. The third-order valence-electron chi connectivity index (χ3n) is 3.89. The van der Waals surface area contributed by atoms with E-state index in [4.69, 9.17) is 4.99 Å². The van der Waals surface area contributed by atoms with Gasteiger partial charge >= 0.3 is 0 Å². The van der Waals surface area contributed by atoms with Gasteiger partial charge in [0.05, 0.1) is 12.1 Å². The lowest BCUT2D eigenvalue weighted by molar-refractivity contribution is 0.384. The number of nitrogens with zero attached hydrogens (tertiary/aromatic N) is 1. The number of benzene rings is 1. The molecule has 0 amide bonds. The van der Waals surface area contributed by atoms with E-state index in [0.29, 0.717) is 12.1 Å².